The fourth-order valence-electron chi connectivity index (χ4n) is 2.60. The van der Waals surface area contributed by atoms with E-state index in [2.05, 4.69) is 4.98 Å². The molecule has 0 spiro atoms. The maximum Gasteiger partial charge on any atom is 0.338 e. The van der Waals surface area contributed by atoms with Crippen LogP contribution in [0.5, 0.6) is 0 Å². The zero-order chi connectivity index (χ0) is 15.4. The van der Waals surface area contributed by atoms with Gasteiger partial charge in [0.2, 0.25) is 0 Å². The standard InChI is InChI=1S/C15H8N2O5/c16-7-5-11(19)22-14-12-6-1-4-10(18)21-9(6)3-2-8(12)17-15(20)13(7)14/h1-5H,16H2,(H,17,20). The van der Waals surface area contributed by atoms with Crippen molar-refractivity contribution in [2.24, 2.45) is 0 Å². The van der Waals surface area contributed by atoms with Gasteiger partial charge in [0, 0.05) is 17.5 Å². The molecule has 0 unspecified atom stereocenters. The predicted octanol–water partition coefficient (Wildman–Crippen LogP) is 1.32. The van der Waals surface area contributed by atoms with Gasteiger partial charge in [0.1, 0.15) is 11.0 Å². The fourth-order valence-corrected chi connectivity index (χ4v) is 2.60. The lowest BCUT2D eigenvalue weighted by Gasteiger charge is -2.06. The number of aromatic nitrogens is 1. The van der Waals surface area contributed by atoms with Crippen LogP contribution < -0.4 is 22.5 Å². The highest BCUT2D eigenvalue weighted by Crippen LogP contribution is 2.29. The van der Waals surface area contributed by atoms with E-state index in [-0.39, 0.29) is 16.7 Å². The van der Waals surface area contributed by atoms with Crippen LogP contribution in [0.2, 0.25) is 0 Å². The first-order chi connectivity index (χ1) is 10.5. The number of rotatable bonds is 0. The molecule has 0 saturated heterocycles. The van der Waals surface area contributed by atoms with Gasteiger partial charge < -0.3 is 19.6 Å². The second-order valence-electron chi connectivity index (χ2n) is 4.83. The van der Waals surface area contributed by atoms with Crippen molar-refractivity contribution >= 4 is 38.5 Å². The van der Waals surface area contributed by atoms with Crippen LogP contribution in [0.3, 0.4) is 0 Å². The van der Waals surface area contributed by atoms with Crippen LogP contribution in [0, 0.1) is 0 Å². The highest BCUT2D eigenvalue weighted by atomic mass is 16.4. The Kier molecular flexibility index (Phi) is 2.30. The normalized spacial score (nSPS) is 11.5. The van der Waals surface area contributed by atoms with E-state index in [1.54, 1.807) is 18.2 Å². The van der Waals surface area contributed by atoms with Crippen LogP contribution in [-0.2, 0) is 0 Å². The van der Waals surface area contributed by atoms with Crippen LogP contribution in [0.1, 0.15) is 0 Å². The van der Waals surface area contributed by atoms with E-state index in [0.717, 1.165) is 6.07 Å². The lowest BCUT2D eigenvalue weighted by molar-refractivity contribution is 0.559. The van der Waals surface area contributed by atoms with Crippen molar-refractivity contribution in [3.8, 4) is 0 Å². The lowest BCUT2D eigenvalue weighted by Crippen LogP contribution is -2.12. The van der Waals surface area contributed by atoms with Crippen molar-refractivity contribution < 1.29 is 8.83 Å². The number of fused-ring (bicyclic) bond motifs is 5. The molecule has 7 heteroatoms. The Morgan fingerprint density at radius 3 is 2.55 bits per heavy atom. The molecule has 0 bridgehead atoms. The first-order valence-corrected chi connectivity index (χ1v) is 6.37. The van der Waals surface area contributed by atoms with Crippen molar-refractivity contribution in [3.05, 3.63) is 61.5 Å². The first kappa shape index (κ1) is 12.4. The molecule has 3 heterocycles. The monoisotopic (exact) mass is 296 g/mol. The van der Waals surface area contributed by atoms with E-state index >= 15 is 0 Å². The zero-order valence-corrected chi connectivity index (χ0v) is 11.0. The second kappa shape index (κ2) is 4.08. The van der Waals surface area contributed by atoms with Crippen molar-refractivity contribution in [2.75, 3.05) is 5.73 Å². The Balaban J connectivity index is 2.44. The summed E-state index contributed by atoms with van der Waals surface area (Å²) in [7, 11) is 0. The van der Waals surface area contributed by atoms with Gasteiger partial charge in [-0.25, -0.2) is 9.59 Å². The van der Waals surface area contributed by atoms with Gasteiger partial charge in [0.25, 0.3) is 5.56 Å². The van der Waals surface area contributed by atoms with Crippen molar-refractivity contribution in [3.63, 3.8) is 0 Å². The molecule has 3 aromatic heterocycles. The number of nitrogens with two attached hydrogens (primary N) is 1. The Labute approximate surface area is 120 Å². The molecule has 0 fully saturated rings. The van der Waals surface area contributed by atoms with Gasteiger partial charge in [-0.1, -0.05) is 0 Å². The molecule has 4 rings (SSSR count). The first-order valence-electron chi connectivity index (χ1n) is 6.37. The van der Waals surface area contributed by atoms with E-state index in [4.69, 9.17) is 14.6 Å². The van der Waals surface area contributed by atoms with Gasteiger partial charge in [0.05, 0.1) is 16.6 Å². The number of hydrogen-bond donors (Lipinski definition) is 2. The Morgan fingerprint density at radius 1 is 0.909 bits per heavy atom. The number of H-pyrrole nitrogens is 1. The third-order valence-corrected chi connectivity index (χ3v) is 3.50. The third kappa shape index (κ3) is 1.59. The van der Waals surface area contributed by atoms with E-state index in [0.29, 0.717) is 21.9 Å². The number of anilines is 1. The summed E-state index contributed by atoms with van der Waals surface area (Å²) in [5, 5.41) is 1.08. The maximum atomic E-state index is 12.1. The average Bonchev–Trinajstić information content (AvgIpc) is 2.45. The predicted molar refractivity (Wildman–Crippen MR) is 81.1 cm³/mol. The molecule has 4 aromatic rings. The van der Waals surface area contributed by atoms with Gasteiger partial charge in [-0.3, -0.25) is 4.79 Å². The summed E-state index contributed by atoms with van der Waals surface area (Å²) in [6.07, 6.45) is 0. The summed E-state index contributed by atoms with van der Waals surface area (Å²) in [5.74, 6) is 0. The number of nitrogens with one attached hydrogen (secondary N) is 1. The summed E-state index contributed by atoms with van der Waals surface area (Å²) < 4.78 is 10.3. The van der Waals surface area contributed by atoms with Crippen LogP contribution in [0.25, 0.3) is 32.8 Å². The molecule has 0 aliphatic rings. The van der Waals surface area contributed by atoms with Gasteiger partial charge in [-0.05, 0) is 18.2 Å². The molecule has 1 aromatic carbocycles. The Bertz CT molecular complexity index is 1250. The summed E-state index contributed by atoms with van der Waals surface area (Å²) in [5.41, 5.74) is 5.02. The van der Waals surface area contributed by atoms with Crippen LogP contribution >= 0.6 is 0 Å². The third-order valence-electron chi connectivity index (χ3n) is 3.50. The molecular weight excluding hydrogens is 288 g/mol. The number of nitrogen functional groups attached to an aromatic ring is 1. The molecule has 22 heavy (non-hydrogen) atoms. The SMILES string of the molecule is Nc1cc(=O)oc2c1c(=O)[nH]c1ccc3oc(=O)ccc3c12. The maximum absolute atomic E-state index is 12.1. The molecule has 0 aliphatic heterocycles. The minimum absolute atomic E-state index is 0.0313. The van der Waals surface area contributed by atoms with E-state index in [1.165, 1.54) is 6.07 Å². The molecule has 3 N–H and O–H groups in total. The molecular formula is C15H8N2O5. The van der Waals surface area contributed by atoms with Crippen molar-refractivity contribution in [2.45, 2.75) is 0 Å². The number of aromatic amines is 1. The highest BCUT2D eigenvalue weighted by Gasteiger charge is 2.15. The highest BCUT2D eigenvalue weighted by molar-refractivity contribution is 6.16. The zero-order valence-electron chi connectivity index (χ0n) is 11.0. The molecule has 0 atom stereocenters. The van der Waals surface area contributed by atoms with Gasteiger partial charge in [-0.2, -0.15) is 0 Å². The van der Waals surface area contributed by atoms with E-state index in [1.807, 2.05) is 0 Å². The van der Waals surface area contributed by atoms with Gasteiger partial charge >= 0.3 is 11.3 Å². The number of benzene rings is 1. The number of hydrogen-bond acceptors (Lipinski definition) is 6. The minimum atomic E-state index is -0.661. The van der Waals surface area contributed by atoms with Gasteiger partial charge in [-0.15, -0.1) is 0 Å². The Hall–Kier alpha value is -3.35. The second-order valence-corrected chi connectivity index (χ2v) is 4.83. The average molecular weight is 296 g/mol. The van der Waals surface area contributed by atoms with Crippen LogP contribution in [0.15, 0.2) is 53.5 Å². The smallest absolute Gasteiger partial charge is 0.338 e. The fraction of sp³-hybridized carbons (Fsp3) is 0. The molecule has 108 valence electrons. The van der Waals surface area contributed by atoms with E-state index < -0.39 is 16.8 Å². The quantitative estimate of drug-likeness (QED) is 0.373. The van der Waals surface area contributed by atoms with E-state index in [9.17, 15) is 14.4 Å². The Morgan fingerprint density at radius 2 is 1.73 bits per heavy atom. The van der Waals surface area contributed by atoms with Gasteiger partial charge in [0.15, 0.2) is 5.58 Å². The van der Waals surface area contributed by atoms with Crippen molar-refractivity contribution in [1.82, 2.24) is 4.98 Å². The molecule has 0 saturated carbocycles. The summed E-state index contributed by atoms with van der Waals surface area (Å²) in [6.45, 7) is 0. The summed E-state index contributed by atoms with van der Waals surface area (Å²) in [6, 6.07) is 6.98. The minimum Gasteiger partial charge on any atom is -0.423 e. The molecule has 0 aliphatic carbocycles. The lowest BCUT2D eigenvalue weighted by atomic mass is 10.1. The number of pyridine rings is 1. The van der Waals surface area contributed by atoms with Crippen LogP contribution in [0.4, 0.5) is 5.69 Å². The van der Waals surface area contributed by atoms with Crippen molar-refractivity contribution in [1.29, 1.82) is 0 Å². The summed E-state index contributed by atoms with van der Waals surface area (Å²) in [4.78, 5) is 37.8. The summed E-state index contributed by atoms with van der Waals surface area (Å²) >= 11 is 0. The van der Waals surface area contributed by atoms with Crippen LogP contribution in [-0.4, -0.2) is 4.98 Å². The molecule has 0 radical (unpaired) electrons. The molecule has 7 nitrogen and oxygen atoms in total. The molecule has 0 amide bonds. The topological polar surface area (TPSA) is 119 Å². The largest absolute Gasteiger partial charge is 0.423 e.